The third kappa shape index (κ3) is 2.09. The van der Waals surface area contributed by atoms with Crippen molar-refractivity contribution in [1.82, 2.24) is 5.43 Å². The third-order valence-corrected chi connectivity index (χ3v) is 3.50. The summed E-state index contributed by atoms with van der Waals surface area (Å²) < 4.78 is 18.9. The fourth-order valence-electron chi connectivity index (χ4n) is 2.43. The lowest BCUT2D eigenvalue weighted by Gasteiger charge is -2.16. The molecule has 0 fully saturated rings. The summed E-state index contributed by atoms with van der Waals surface area (Å²) >= 11 is 0. The van der Waals surface area contributed by atoms with Crippen molar-refractivity contribution in [2.45, 2.75) is 13.0 Å². The van der Waals surface area contributed by atoms with Crippen molar-refractivity contribution in [3.63, 3.8) is 0 Å². The number of hydrogen-bond donors (Lipinski definition) is 2. The minimum absolute atomic E-state index is 0.221. The van der Waals surface area contributed by atoms with Crippen LogP contribution in [0.5, 0.6) is 0 Å². The van der Waals surface area contributed by atoms with Gasteiger partial charge in [-0.3, -0.25) is 5.84 Å². The lowest BCUT2D eigenvalue weighted by Crippen LogP contribution is -2.28. The normalized spacial score (nSPS) is 12.8. The zero-order valence-electron chi connectivity index (χ0n) is 11.1. The van der Waals surface area contributed by atoms with Crippen LogP contribution in [0.4, 0.5) is 4.39 Å². The van der Waals surface area contributed by atoms with Gasteiger partial charge in [-0.2, -0.15) is 0 Å². The van der Waals surface area contributed by atoms with Gasteiger partial charge in [-0.25, -0.2) is 9.82 Å². The second-order valence-electron chi connectivity index (χ2n) is 4.80. The van der Waals surface area contributed by atoms with Crippen LogP contribution in [0.25, 0.3) is 11.0 Å². The van der Waals surface area contributed by atoms with E-state index >= 15 is 0 Å². The molecule has 0 amide bonds. The highest BCUT2D eigenvalue weighted by molar-refractivity contribution is 5.81. The molecule has 20 heavy (non-hydrogen) atoms. The van der Waals surface area contributed by atoms with Crippen LogP contribution in [-0.2, 0) is 0 Å². The molecule has 0 saturated carbocycles. The highest BCUT2D eigenvalue weighted by Gasteiger charge is 2.18. The highest BCUT2D eigenvalue weighted by atomic mass is 19.1. The predicted molar refractivity (Wildman–Crippen MR) is 76.5 cm³/mol. The summed E-state index contributed by atoms with van der Waals surface area (Å²) in [5.41, 5.74) is 6.02. The van der Waals surface area contributed by atoms with Gasteiger partial charge in [-0.05, 0) is 30.2 Å². The van der Waals surface area contributed by atoms with Crippen LogP contribution in [0.3, 0.4) is 0 Å². The Kier molecular flexibility index (Phi) is 3.26. The first-order valence-corrected chi connectivity index (χ1v) is 6.39. The molecule has 3 aromatic rings. The van der Waals surface area contributed by atoms with Crippen molar-refractivity contribution >= 4 is 11.0 Å². The average Bonchev–Trinajstić information content (AvgIpc) is 2.88. The molecular weight excluding hydrogens is 255 g/mol. The number of halogens is 1. The first kappa shape index (κ1) is 12.8. The maximum atomic E-state index is 13.4. The van der Waals surface area contributed by atoms with E-state index in [1.807, 2.05) is 24.3 Å². The van der Waals surface area contributed by atoms with Crippen molar-refractivity contribution < 1.29 is 8.81 Å². The van der Waals surface area contributed by atoms with Crippen LogP contribution in [-0.4, -0.2) is 0 Å². The van der Waals surface area contributed by atoms with E-state index < -0.39 is 0 Å². The van der Waals surface area contributed by atoms with E-state index in [2.05, 4.69) is 5.43 Å². The number of rotatable bonds is 3. The molecule has 0 aliphatic carbocycles. The van der Waals surface area contributed by atoms with Gasteiger partial charge in [0.25, 0.3) is 0 Å². The molecule has 4 heteroatoms. The zero-order chi connectivity index (χ0) is 14.1. The van der Waals surface area contributed by atoms with E-state index in [1.54, 1.807) is 25.3 Å². The van der Waals surface area contributed by atoms with Gasteiger partial charge >= 0.3 is 0 Å². The van der Waals surface area contributed by atoms with Crippen LogP contribution < -0.4 is 11.3 Å². The molecule has 1 aromatic heterocycles. The summed E-state index contributed by atoms with van der Waals surface area (Å²) in [4.78, 5) is 0. The van der Waals surface area contributed by atoms with Crippen LogP contribution in [0.1, 0.15) is 22.7 Å². The molecule has 0 aliphatic heterocycles. The first-order chi connectivity index (χ1) is 9.70. The Morgan fingerprint density at radius 2 is 2.00 bits per heavy atom. The van der Waals surface area contributed by atoms with Crippen LogP contribution in [0.2, 0.25) is 0 Å². The summed E-state index contributed by atoms with van der Waals surface area (Å²) in [6.07, 6.45) is 1.69. The number of furan rings is 1. The minimum atomic E-state index is -0.238. The maximum Gasteiger partial charge on any atom is 0.134 e. The number of hydrazine groups is 1. The van der Waals surface area contributed by atoms with Gasteiger partial charge in [0.2, 0.25) is 0 Å². The van der Waals surface area contributed by atoms with Crippen LogP contribution in [0, 0.1) is 12.7 Å². The minimum Gasteiger partial charge on any atom is -0.464 e. The topological polar surface area (TPSA) is 51.2 Å². The average molecular weight is 270 g/mol. The number of nitrogens with two attached hydrogens (primary N) is 1. The summed E-state index contributed by atoms with van der Waals surface area (Å²) in [5.74, 6) is 5.47. The monoisotopic (exact) mass is 270 g/mol. The van der Waals surface area contributed by atoms with E-state index in [-0.39, 0.29) is 11.9 Å². The Morgan fingerprint density at radius 1 is 1.20 bits per heavy atom. The summed E-state index contributed by atoms with van der Waals surface area (Å²) in [6.45, 7) is 1.74. The van der Waals surface area contributed by atoms with E-state index in [4.69, 9.17) is 10.3 Å². The molecule has 2 aromatic carbocycles. The molecule has 0 radical (unpaired) electrons. The number of nitrogens with one attached hydrogen (secondary N) is 1. The molecule has 3 nitrogen and oxygen atoms in total. The Hall–Kier alpha value is -2.17. The van der Waals surface area contributed by atoms with E-state index in [1.165, 1.54) is 6.07 Å². The first-order valence-electron chi connectivity index (χ1n) is 6.39. The predicted octanol–water partition coefficient (Wildman–Crippen LogP) is 3.43. The fraction of sp³-hybridized carbons (Fsp3) is 0.125. The molecule has 0 saturated heterocycles. The Balaban J connectivity index is 2.11. The smallest absolute Gasteiger partial charge is 0.134 e. The van der Waals surface area contributed by atoms with Crippen molar-refractivity contribution in [2.24, 2.45) is 5.84 Å². The summed E-state index contributed by atoms with van der Waals surface area (Å²) in [6, 6.07) is 12.5. The van der Waals surface area contributed by atoms with Crippen molar-refractivity contribution in [1.29, 1.82) is 0 Å². The Labute approximate surface area is 116 Å². The fourth-order valence-corrected chi connectivity index (χ4v) is 2.43. The van der Waals surface area contributed by atoms with Gasteiger partial charge in [-0.1, -0.05) is 30.3 Å². The molecule has 0 aliphatic rings. The maximum absolute atomic E-state index is 13.4. The van der Waals surface area contributed by atoms with E-state index in [9.17, 15) is 4.39 Å². The Morgan fingerprint density at radius 3 is 2.75 bits per heavy atom. The van der Waals surface area contributed by atoms with Gasteiger partial charge in [0, 0.05) is 10.9 Å². The number of aryl methyl sites for hydroxylation is 1. The van der Waals surface area contributed by atoms with Crippen LogP contribution >= 0.6 is 0 Å². The molecular formula is C16H15FN2O. The molecule has 0 bridgehead atoms. The number of fused-ring (bicyclic) bond motifs is 1. The standard InChI is InChI=1S/C16H15FN2O/c1-10-8-11(6-7-14(10)17)16(19-18)13-9-20-15-5-3-2-4-12(13)15/h2-9,16,19H,18H2,1H3. The van der Waals surface area contributed by atoms with E-state index in [0.717, 1.165) is 22.1 Å². The Bertz CT molecular complexity index is 751. The second-order valence-corrected chi connectivity index (χ2v) is 4.80. The van der Waals surface area contributed by atoms with Gasteiger partial charge in [0.15, 0.2) is 0 Å². The molecule has 3 N–H and O–H groups in total. The molecule has 1 atom stereocenters. The van der Waals surface area contributed by atoms with Gasteiger partial charge in [0.1, 0.15) is 11.4 Å². The summed E-state index contributed by atoms with van der Waals surface area (Å²) in [5, 5.41) is 0.998. The zero-order valence-corrected chi connectivity index (χ0v) is 11.1. The van der Waals surface area contributed by atoms with Crippen LogP contribution in [0.15, 0.2) is 53.1 Å². The van der Waals surface area contributed by atoms with E-state index in [0.29, 0.717) is 5.56 Å². The van der Waals surface area contributed by atoms with Crippen molar-refractivity contribution in [3.05, 3.63) is 71.2 Å². The lowest BCUT2D eigenvalue weighted by atomic mass is 9.97. The summed E-state index contributed by atoms with van der Waals surface area (Å²) in [7, 11) is 0. The van der Waals surface area contributed by atoms with Gasteiger partial charge in [0.05, 0.1) is 12.3 Å². The number of benzene rings is 2. The molecule has 0 spiro atoms. The van der Waals surface area contributed by atoms with Gasteiger partial charge < -0.3 is 4.42 Å². The largest absolute Gasteiger partial charge is 0.464 e. The third-order valence-electron chi connectivity index (χ3n) is 3.50. The van der Waals surface area contributed by atoms with Crippen molar-refractivity contribution in [2.75, 3.05) is 0 Å². The molecule has 102 valence electrons. The SMILES string of the molecule is Cc1cc(C(NN)c2coc3ccccc23)ccc1F. The molecule has 1 heterocycles. The molecule has 1 unspecified atom stereocenters. The number of para-hydroxylation sites is 1. The quantitative estimate of drug-likeness (QED) is 0.566. The van der Waals surface area contributed by atoms with Crippen molar-refractivity contribution in [3.8, 4) is 0 Å². The number of hydrogen-bond acceptors (Lipinski definition) is 3. The highest BCUT2D eigenvalue weighted by Crippen LogP contribution is 2.30. The van der Waals surface area contributed by atoms with Gasteiger partial charge in [-0.15, -0.1) is 0 Å². The molecule has 3 rings (SSSR count). The lowest BCUT2D eigenvalue weighted by molar-refractivity contribution is 0.583. The second kappa shape index (κ2) is 5.07.